The topological polar surface area (TPSA) is 52.6 Å². The Morgan fingerprint density at radius 3 is 2.86 bits per heavy atom. The van der Waals surface area contributed by atoms with Gasteiger partial charge in [-0.1, -0.05) is 6.07 Å². The Morgan fingerprint density at radius 2 is 2.19 bits per heavy atom. The summed E-state index contributed by atoms with van der Waals surface area (Å²) < 4.78 is 0. The van der Waals surface area contributed by atoms with Gasteiger partial charge in [0, 0.05) is 23.7 Å². The summed E-state index contributed by atoms with van der Waals surface area (Å²) in [7, 11) is 0. The fraction of sp³-hybridized carbons (Fsp3) is 0.588. The average molecular weight is 288 g/mol. The second-order valence-corrected chi connectivity index (χ2v) is 6.35. The van der Waals surface area contributed by atoms with Crippen LogP contribution in [0.3, 0.4) is 0 Å². The Kier molecular flexibility index (Phi) is 4.15. The van der Waals surface area contributed by atoms with Crippen molar-refractivity contribution in [3.05, 3.63) is 29.3 Å². The van der Waals surface area contributed by atoms with Gasteiger partial charge < -0.3 is 15.3 Å². The number of carbonyl (C=O) groups excluding carboxylic acids is 1. The lowest BCUT2D eigenvalue weighted by atomic mass is 9.98. The molecule has 2 aliphatic rings. The molecule has 1 aromatic carbocycles. The molecule has 4 heteroatoms. The summed E-state index contributed by atoms with van der Waals surface area (Å²) in [5, 5.41) is 13.2. The largest absolute Gasteiger partial charge is 0.508 e. The summed E-state index contributed by atoms with van der Waals surface area (Å²) in [6.07, 6.45) is 4.62. The molecule has 1 saturated carbocycles. The van der Waals surface area contributed by atoms with Crippen molar-refractivity contribution in [1.82, 2.24) is 10.2 Å². The summed E-state index contributed by atoms with van der Waals surface area (Å²) in [6.45, 7) is 4.76. The maximum absolute atomic E-state index is 12.9. The maximum atomic E-state index is 12.9. The van der Waals surface area contributed by atoms with Crippen molar-refractivity contribution in [3.63, 3.8) is 0 Å². The molecule has 4 nitrogen and oxygen atoms in total. The van der Waals surface area contributed by atoms with Crippen LogP contribution < -0.4 is 5.32 Å². The van der Waals surface area contributed by atoms with Crippen molar-refractivity contribution in [2.45, 2.75) is 38.6 Å². The first-order valence-electron chi connectivity index (χ1n) is 7.97. The molecular formula is C17H24N2O2. The van der Waals surface area contributed by atoms with Gasteiger partial charge in [-0.25, -0.2) is 0 Å². The molecule has 0 bridgehead atoms. The van der Waals surface area contributed by atoms with E-state index in [0.29, 0.717) is 23.1 Å². The van der Waals surface area contributed by atoms with E-state index in [1.165, 1.54) is 12.8 Å². The highest BCUT2D eigenvalue weighted by molar-refractivity contribution is 5.96. The molecule has 3 rings (SSSR count). The van der Waals surface area contributed by atoms with Gasteiger partial charge in [0.1, 0.15) is 5.75 Å². The Balaban J connectivity index is 1.76. The Labute approximate surface area is 126 Å². The van der Waals surface area contributed by atoms with E-state index >= 15 is 0 Å². The SMILES string of the molecule is Cc1c(O)cccc1C(=O)N(CC1CCCNC1)C1CC1. The highest BCUT2D eigenvalue weighted by Gasteiger charge is 2.35. The Hall–Kier alpha value is -1.55. The van der Waals surface area contributed by atoms with Crippen LogP contribution in [-0.2, 0) is 0 Å². The van der Waals surface area contributed by atoms with E-state index in [2.05, 4.69) is 5.32 Å². The van der Waals surface area contributed by atoms with E-state index in [0.717, 1.165) is 32.5 Å². The van der Waals surface area contributed by atoms with Gasteiger partial charge >= 0.3 is 0 Å². The van der Waals surface area contributed by atoms with Crippen LogP contribution >= 0.6 is 0 Å². The Morgan fingerprint density at radius 1 is 1.38 bits per heavy atom. The van der Waals surface area contributed by atoms with Crippen LogP contribution in [0.4, 0.5) is 0 Å². The van der Waals surface area contributed by atoms with Crippen LogP contribution in [0.25, 0.3) is 0 Å². The van der Waals surface area contributed by atoms with Gasteiger partial charge in [-0.15, -0.1) is 0 Å². The van der Waals surface area contributed by atoms with Gasteiger partial charge in [0.25, 0.3) is 5.91 Å². The predicted molar refractivity (Wildman–Crippen MR) is 82.5 cm³/mol. The predicted octanol–water partition coefficient (Wildman–Crippen LogP) is 2.30. The third kappa shape index (κ3) is 3.21. The van der Waals surface area contributed by atoms with Crippen LogP contribution in [0.15, 0.2) is 18.2 Å². The number of hydrogen-bond donors (Lipinski definition) is 2. The van der Waals surface area contributed by atoms with Crippen LogP contribution in [0.5, 0.6) is 5.75 Å². The standard InChI is InChI=1S/C17H24N2O2/c1-12-15(5-2-6-16(12)20)17(21)19(14-7-8-14)11-13-4-3-9-18-10-13/h2,5-6,13-14,18,20H,3-4,7-11H2,1H3. The quantitative estimate of drug-likeness (QED) is 0.894. The molecule has 1 aromatic rings. The van der Waals surface area contributed by atoms with Crippen molar-refractivity contribution in [1.29, 1.82) is 0 Å². The molecule has 1 aliphatic heterocycles. The molecule has 114 valence electrons. The average Bonchev–Trinajstić information content (AvgIpc) is 3.33. The number of nitrogens with one attached hydrogen (secondary N) is 1. The molecule has 2 fully saturated rings. The van der Waals surface area contributed by atoms with E-state index in [1.807, 2.05) is 17.9 Å². The van der Waals surface area contributed by atoms with E-state index < -0.39 is 0 Å². The minimum absolute atomic E-state index is 0.0801. The fourth-order valence-electron chi connectivity index (χ4n) is 3.15. The molecule has 1 unspecified atom stereocenters. The lowest BCUT2D eigenvalue weighted by Crippen LogP contribution is -2.42. The molecule has 1 atom stereocenters. The minimum Gasteiger partial charge on any atom is -0.508 e. The van der Waals surface area contributed by atoms with Crippen molar-refractivity contribution in [2.24, 2.45) is 5.92 Å². The van der Waals surface area contributed by atoms with Crippen LogP contribution in [-0.4, -0.2) is 41.6 Å². The zero-order valence-corrected chi connectivity index (χ0v) is 12.6. The Bertz CT molecular complexity index is 520. The number of rotatable bonds is 4. The lowest BCUT2D eigenvalue weighted by molar-refractivity contribution is 0.0703. The molecular weight excluding hydrogens is 264 g/mol. The molecule has 0 spiro atoms. The number of hydrogen-bond acceptors (Lipinski definition) is 3. The molecule has 0 aromatic heterocycles. The van der Waals surface area contributed by atoms with Crippen LogP contribution in [0.2, 0.25) is 0 Å². The smallest absolute Gasteiger partial charge is 0.254 e. The van der Waals surface area contributed by atoms with Crippen LogP contribution in [0, 0.1) is 12.8 Å². The highest BCUT2D eigenvalue weighted by atomic mass is 16.3. The maximum Gasteiger partial charge on any atom is 0.254 e. The number of phenolic OH excluding ortho intramolecular Hbond substituents is 1. The molecule has 1 amide bonds. The molecule has 1 aliphatic carbocycles. The first-order chi connectivity index (χ1) is 10.2. The molecule has 1 saturated heterocycles. The van der Waals surface area contributed by atoms with Gasteiger partial charge in [-0.05, 0) is 63.7 Å². The van der Waals surface area contributed by atoms with Crippen molar-refractivity contribution in [3.8, 4) is 5.75 Å². The molecule has 0 radical (unpaired) electrons. The van der Waals surface area contributed by atoms with Gasteiger partial charge in [0.2, 0.25) is 0 Å². The highest BCUT2D eigenvalue weighted by Crippen LogP contribution is 2.31. The van der Waals surface area contributed by atoms with Gasteiger partial charge in [-0.2, -0.15) is 0 Å². The summed E-state index contributed by atoms with van der Waals surface area (Å²) in [6, 6.07) is 5.62. The molecule has 1 heterocycles. The summed E-state index contributed by atoms with van der Waals surface area (Å²) in [5.41, 5.74) is 1.33. The zero-order chi connectivity index (χ0) is 14.8. The first-order valence-corrected chi connectivity index (χ1v) is 7.97. The number of piperidine rings is 1. The molecule has 21 heavy (non-hydrogen) atoms. The van der Waals surface area contributed by atoms with Crippen molar-refractivity contribution >= 4 is 5.91 Å². The summed E-state index contributed by atoms with van der Waals surface area (Å²) in [4.78, 5) is 14.9. The number of nitrogens with zero attached hydrogens (tertiary/aromatic N) is 1. The monoisotopic (exact) mass is 288 g/mol. The van der Waals surface area contributed by atoms with E-state index in [9.17, 15) is 9.90 Å². The normalized spacial score (nSPS) is 22.0. The van der Waals surface area contributed by atoms with Gasteiger partial charge in [-0.3, -0.25) is 4.79 Å². The third-order valence-corrected chi connectivity index (χ3v) is 4.64. The van der Waals surface area contributed by atoms with E-state index in [-0.39, 0.29) is 11.7 Å². The zero-order valence-electron chi connectivity index (χ0n) is 12.6. The second-order valence-electron chi connectivity index (χ2n) is 6.35. The van der Waals surface area contributed by atoms with Gasteiger partial charge in [0.15, 0.2) is 0 Å². The van der Waals surface area contributed by atoms with Crippen molar-refractivity contribution < 1.29 is 9.90 Å². The number of amides is 1. The number of aromatic hydroxyl groups is 1. The van der Waals surface area contributed by atoms with Crippen LogP contribution in [0.1, 0.15) is 41.6 Å². The van der Waals surface area contributed by atoms with Gasteiger partial charge in [0.05, 0.1) is 0 Å². The van der Waals surface area contributed by atoms with Crippen molar-refractivity contribution in [2.75, 3.05) is 19.6 Å². The number of phenols is 1. The number of benzene rings is 1. The minimum atomic E-state index is 0.0801. The first kappa shape index (κ1) is 14.4. The molecule has 2 N–H and O–H groups in total. The lowest BCUT2D eigenvalue weighted by Gasteiger charge is -2.30. The second kappa shape index (κ2) is 6.06. The summed E-state index contributed by atoms with van der Waals surface area (Å²) in [5.74, 6) is 0.841. The fourth-order valence-corrected chi connectivity index (χ4v) is 3.15. The third-order valence-electron chi connectivity index (χ3n) is 4.64. The summed E-state index contributed by atoms with van der Waals surface area (Å²) >= 11 is 0. The number of carbonyl (C=O) groups is 1. The van der Waals surface area contributed by atoms with E-state index in [1.54, 1.807) is 12.1 Å². The van der Waals surface area contributed by atoms with E-state index in [4.69, 9.17) is 0 Å².